The Hall–Kier alpha value is -4.56. The molecule has 0 aliphatic carbocycles. The van der Waals surface area contributed by atoms with Gasteiger partial charge in [-0.3, -0.25) is 15.1 Å². The highest BCUT2D eigenvalue weighted by molar-refractivity contribution is 8.15. The molecule has 220 valence electrons. The molecule has 0 atom stereocenters. The second kappa shape index (κ2) is 12.8. The molecule has 4 aromatic rings. The van der Waals surface area contributed by atoms with E-state index in [4.69, 9.17) is 12.2 Å². The van der Waals surface area contributed by atoms with Crippen LogP contribution < -0.4 is 15.1 Å². The van der Waals surface area contributed by atoms with Gasteiger partial charge in [0.1, 0.15) is 12.1 Å². The Morgan fingerprint density at radius 2 is 1.88 bits per heavy atom. The second-order valence-corrected chi connectivity index (χ2v) is 10.5. The van der Waals surface area contributed by atoms with Crippen LogP contribution in [0.4, 0.5) is 18.9 Å². The van der Waals surface area contributed by atoms with E-state index in [-0.39, 0.29) is 22.5 Å². The van der Waals surface area contributed by atoms with Crippen LogP contribution in [0.5, 0.6) is 5.75 Å². The van der Waals surface area contributed by atoms with E-state index in [9.17, 15) is 18.0 Å². The van der Waals surface area contributed by atoms with Crippen molar-refractivity contribution in [1.82, 2.24) is 20.2 Å². The number of hydrazone groups is 1. The number of para-hydroxylation sites is 1. The Morgan fingerprint density at radius 1 is 1.14 bits per heavy atom. The van der Waals surface area contributed by atoms with Gasteiger partial charge in [-0.2, -0.15) is 10.1 Å². The summed E-state index contributed by atoms with van der Waals surface area (Å²) < 4.78 is 42.5. The van der Waals surface area contributed by atoms with Crippen LogP contribution in [0, 0.1) is 6.92 Å². The number of aliphatic imine (C=N–C) groups is 1. The van der Waals surface area contributed by atoms with Gasteiger partial charge in [0.05, 0.1) is 23.3 Å². The lowest BCUT2D eigenvalue weighted by atomic mass is 10.0. The predicted molar refractivity (Wildman–Crippen MR) is 165 cm³/mol. The zero-order chi connectivity index (χ0) is 30.6. The predicted octanol–water partition coefficient (Wildman–Crippen LogP) is 6.05. The summed E-state index contributed by atoms with van der Waals surface area (Å²) in [5.74, 6) is 0.346. The minimum Gasteiger partial charge on any atom is -0.406 e. The van der Waals surface area contributed by atoms with Gasteiger partial charge in [-0.15, -0.1) is 18.3 Å². The molecular formula is C29H24F3N7O2S2. The number of alkyl halides is 3. The van der Waals surface area contributed by atoms with Crippen molar-refractivity contribution in [2.45, 2.75) is 26.6 Å². The molecule has 3 aromatic carbocycles. The summed E-state index contributed by atoms with van der Waals surface area (Å²) in [6.45, 7) is 4.01. The number of ether oxygens (including phenoxy) is 1. The number of amides is 1. The smallest absolute Gasteiger partial charge is 0.406 e. The molecule has 0 bridgehead atoms. The Labute approximate surface area is 254 Å². The van der Waals surface area contributed by atoms with Gasteiger partial charge in [0.15, 0.2) is 11.0 Å². The van der Waals surface area contributed by atoms with Crippen molar-refractivity contribution in [3.8, 4) is 22.8 Å². The van der Waals surface area contributed by atoms with Gasteiger partial charge in [-0.05, 0) is 66.5 Å². The maximum absolute atomic E-state index is 12.7. The van der Waals surface area contributed by atoms with E-state index < -0.39 is 6.36 Å². The highest BCUT2D eigenvalue weighted by atomic mass is 32.2. The Kier molecular flexibility index (Phi) is 8.87. The highest BCUT2D eigenvalue weighted by Crippen LogP contribution is 2.33. The van der Waals surface area contributed by atoms with Crippen molar-refractivity contribution in [2.24, 2.45) is 10.1 Å². The monoisotopic (exact) mass is 623 g/mol. The summed E-state index contributed by atoms with van der Waals surface area (Å²) in [4.78, 5) is 23.1. The number of amidine groups is 1. The van der Waals surface area contributed by atoms with E-state index in [2.05, 4.69) is 30.3 Å². The molecule has 1 amide bonds. The Bertz CT molecular complexity index is 1700. The number of aromatic nitrogens is 3. The number of thiocarbonyl (C=S) groups is 1. The molecule has 2 heterocycles. The number of hydrogen-bond acceptors (Lipinski definition) is 7. The van der Waals surface area contributed by atoms with Crippen LogP contribution in [-0.4, -0.2) is 49.3 Å². The summed E-state index contributed by atoms with van der Waals surface area (Å²) in [6, 6.07) is 18.5. The summed E-state index contributed by atoms with van der Waals surface area (Å²) >= 11 is 6.69. The minimum atomic E-state index is -4.76. The van der Waals surface area contributed by atoms with Crippen molar-refractivity contribution in [1.29, 1.82) is 0 Å². The number of carbonyl (C=O) groups is 1. The molecule has 43 heavy (non-hydrogen) atoms. The lowest BCUT2D eigenvalue weighted by Gasteiger charge is -2.21. The lowest BCUT2D eigenvalue weighted by Crippen LogP contribution is -2.32. The molecule has 0 spiro atoms. The molecule has 9 nitrogen and oxygen atoms in total. The number of halogens is 3. The third-order valence-electron chi connectivity index (χ3n) is 6.26. The normalized spacial score (nSPS) is 14.6. The summed E-state index contributed by atoms with van der Waals surface area (Å²) in [6.07, 6.45) is -0.932. The first kappa shape index (κ1) is 29.9. The molecule has 0 unspecified atom stereocenters. The summed E-state index contributed by atoms with van der Waals surface area (Å²) in [5.41, 5.74) is 7.64. The van der Waals surface area contributed by atoms with Crippen LogP contribution in [0.15, 0.2) is 83.2 Å². The largest absolute Gasteiger partial charge is 0.573 e. The number of carbonyl (C=O) groups excluding carboxylic acids is 1. The van der Waals surface area contributed by atoms with Crippen molar-refractivity contribution >= 4 is 52.1 Å². The number of rotatable bonds is 7. The Balaban J connectivity index is 1.21. The third kappa shape index (κ3) is 7.27. The van der Waals surface area contributed by atoms with Crippen molar-refractivity contribution in [2.75, 3.05) is 10.7 Å². The number of anilines is 1. The maximum atomic E-state index is 12.7. The number of nitrogens with one attached hydrogen (secondary N) is 1. The molecule has 5 rings (SSSR count). The quantitative estimate of drug-likeness (QED) is 0.152. The standard InChI is InChI=1S/C29H24F3N7O2S2/c1-3-20-6-4-5-18(2)25(20)39-24(40)16-43-28(39)35-27(42)36-34-15-19-7-9-21(10-8-19)26-33-17-38(37-26)22-11-13-23(14-12-22)41-29(30,31)32/h4-15,17H,3,16H2,1-2H3,(H,36,42)/b34-15+,35-28?. The van der Waals surface area contributed by atoms with E-state index >= 15 is 0 Å². The highest BCUT2D eigenvalue weighted by Gasteiger charge is 2.32. The first-order chi connectivity index (χ1) is 20.6. The molecule has 0 saturated carbocycles. The van der Waals surface area contributed by atoms with Crippen LogP contribution in [0.25, 0.3) is 17.1 Å². The van der Waals surface area contributed by atoms with Gasteiger partial charge >= 0.3 is 6.36 Å². The van der Waals surface area contributed by atoms with Crippen molar-refractivity contribution in [3.05, 3.63) is 89.7 Å². The molecule has 1 N–H and O–H groups in total. The first-order valence-electron chi connectivity index (χ1n) is 13.0. The van der Waals surface area contributed by atoms with Crippen LogP contribution in [-0.2, 0) is 11.2 Å². The summed E-state index contributed by atoms with van der Waals surface area (Å²) in [7, 11) is 0. The van der Waals surface area contributed by atoms with Crippen LogP contribution >= 0.6 is 24.0 Å². The maximum Gasteiger partial charge on any atom is 0.573 e. The number of nitrogens with zero attached hydrogens (tertiary/aromatic N) is 6. The fourth-order valence-electron chi connectivity index (χ4n) is 4.30. The topological polar surface area (TPSA) is 97.0 Å². The van der Waals surface area contributed by atoms with Crippen LogP contribution in [0.1, 0.15) is 23.6 Å². The number of aryl methyl sites for hydroxylation is 2. The van der Waals surface area contributed by atoms with Gasteiger partial charge in [-0.25, -0.2) is 9.67 Å². The zero-order valence-electron chi connectivity index (χ0n) is 22.9. The number of benzene rings is 3. The minimum absolute atomic E-state index is 0.0492. The SMILES string of the molecule is CCc1cccc(C)c1N1C(=O)CSC1=NC(=S)N/N=C/c1ccc(-c2ncn(-c3ccc(OC(F)(F)F)cc3)n2)cc1. The van der Waals surface area contributed by atoms with E-state index in [0.717, 1.165) is 34.4 Å². The van der Waals surface area contributed by atoms with Crippen molar-refractivity contribution in [3.63, 3.8) is 0 Å². The van der Waals surface area contributed by atoms with Gasteiger partial charge in [-0.1, -0.05) is 61.2 Å². The zero-order valence-corrected chi connectivity index (χ0v) is 24.5. The first-order valence-corrected chi connectivity index (χ1v) is 14.3. The number of hydrogen-bond donors (Lipinski definition) is 1. The average Bonchev–Trinajstić information content (AvgIpc) is 3.60. The average molecular weight is 624 g/mol. The lowest BCUT2D eigenvalue weighted by molar-refractivity contribution is -0.274. The summed E-state index contributed by atoms with van der Waals surface area (Å²) in [5, 5.41) is 9.20. The molecule has 1 fully saturated rings. The molecule has 1 aliphatic rings. The molecule has 1 aliphatic heterocycles. The van der Waals surface area contributed by atoms with Crippen LogP contribution in [0.3, 0.4) is 0 Å². The fourth-order valence-corrected chi connectivity index (χ4v) is 5.36. The van der Waals surface area contributed by atoms with E-state index in [0.29, 0.717) is 16.7 Å². The van der Waals surface area contributed by atoms with Crippen molar-refractivity contribution < 1.29 is 22.7 Å². The van der Waals surface area contributed by atoms with E-state index in [1.54, 1.807) is 11.1 Å². The Morgan fingerprint density at radius 3 is 2.58 bits per heavy atom. The third-order valence-corrected chi connectivity index (χ3v) is 7.36. The van der Waals surface area contributed by atoms with Crippen LogP contribution in [0.2, 0.25) is 0 Å². The second-order valence-electron chi connectivity index (χ2n) is 9.20. The number of thioether (sulfide) groups is 1. The fraction of sp³-hybridized carbons (Fsp3) is 0.172. The van der Waals surface area contributed by atoms with Gasteiger partial charge in [0.2, 0.25) is 11.0 Å². The van der Waals surface area contributed by atoms with Gasteiger partial charge < -0.3 is 4.74 Å². The molecule has 0 radical (unpaired) electrons. The molecule has 1 saturated heterocycles. The molecular weight excluding hydrogens is 599 g/mol. The van der Waals surface area contributed by atoms with E-state index in [1.165, 1.54) is 47.0 Å². The van der Waals surface area contributed by atoms with E-state index in [1.807, 2.05) is 56.3 Å². The van der Waals surface area contributed by atoms with Gasteiger partial charge in [0.25, 0.3) is 0 Å². The molecule has 14 heteroatoms. The van der Waals surface area contributed by atoms with Gasteiger partial charge in [0, 0.05) is 5.56 Å². The molecule has 1 aromatic heterocycles.